The molecule has 21 heavy (non-hydrogen) atoms. The van der Waals surface area contributed by atoms with E-state index in [0.29, 0.717) is 12.6 Å². The second-order valence-corrected chi connectivity index (χ2v) is 5.46. The molecule has 0 atom stereocenters. The molecule has 2 aromatic rings. The molecule has 0 aliphatic carbocycles. The van der Waals surface area contributed by atoms with Gasteiger partial charge in [-0.25, -0.2) is 9.97 Å². The first-order valence-corrected chi connectivity index (χ1v) is 6.83. The number of rotatable bonds is 3. The molecule has 0 radical (unpaired) electrons. The molecule has 1 aliphatic rings. The number of benzene rings is 1. The van der Waals surface area contributed by atoms with E-state index in [4.69, 9.17) is 9.47 Å². The number of ether oxygens (including phenoxy) is 2. The van der Waals surface area contributed by atoms with Gasteiger partial charge in [0.1, 0.15) is 6.61 Å². The zero-order chi connectivity index (χ0) is 14.5. The lowest BCUT2D eigenvalue weighted by atomic mass is 9.90. The van der Waals surface area contributed by atoms with E-state index in [1.165, 1.54) is 0 Å². The minimum absolute atomic E-state index is 0.0924. The summed E-state index contributed by atoms with van der Waals surface area (Å²) in [4.78, 5) is 8.35. The molecule has 0 unspecified atom stereocenters. The van der Waals surface area contributed by atoms with Crippen LogP contribution in [0.25, 0.3) is 0 Å². The van der Waals surface area contributed by atoms with Crippen LogP contribution < -0.4 is 4.74 Å². The summed E-state index contributed by atoms with van der Waals surface area (Å²) in [6.45, 7) is 4.15. The predicted molar refractivity (Wildman–Crippen MR) is 78.9 cm³/mol. The van der Waals surface area contributed by atoms with Crippen molar-refractivity contribution < 1.29 is 9.47 Å². The molecule has 1 fully saturated rings. The highest BCUT2D eigenvalue weighted by Gasteiger charge is 2.34. The summed E-state index contributed by atoms with van der Waals surface area (Å²) in [5.74, 6) is 6.10. The van der Waals surface area contributed by atoms with Gasteiger partial charge in [-0.05, 0) is 12.1 Å². The Balaban J connectivity index is 1.60. The lowest BCUT2D eigenvalue weighted by molar-refractivity contribution is -0.121. The lowest BCUT2D eigenvalue weighted by Gasteiger charge is -2.37. The molecule has 4 nitrogen and oxygen atoms in total. The number of hydrogen-bond donors (Lipinski definition) is 0. The fourth-order valence-corrected chi connectivity index (χ4v) is 1.89. The Labute approximate surface area is 124 Å². The van der Waals surface area contributed by atoms with E-state index in [1.807, 2.05) is 30.3 Å². The maximum Gasteiger partial charge on any atom is 0.316 e. The van der Waals surface area contributed by atoms with Gasteiger partial charge in [0.2, 0.25) is 0 Å². The van der Waals surface area contributed by atoms with Crippen molar-refractivity contribution in [2.24, 2.45) is 5.41 Å². The summed E-state index contributed by atoms with van der Waals surface area (Å²) in [7, 11) is 0. The number of hydrogen-bond acceptors (Lipinski definition) is 4. The Kier molecular flexibility index (Phi) is 3.85. The Bertz CT molecular complexity index is 653. The van der Waals surface area contributed by atoms with Crippen LogP contribution in [0.2, 0.25) is 0 Å². The molecule has 1 aromatic carbocycles. The molecule has 1 aromatic heterocycles. The molecule has 0 N–H and O–H groups in total. The third-order valence-electron chi connectivity index (χ3n) is 3.20. The summed E-state index contributed by atoms with van der Waals surface area (Å²) in [6, 6.07) is 10.2. The first-order chi connectivity index (χ1) is 10.2. The number of nitrogens with zero attached hydrogens (tertiary/aromatic N) is 2. The summed E-state index contributed by atoms with van der Waals surface area (Å²) in [6.07, 6.45) is 3.36. The van der Waals surface area contributed by atoms with E-state index in [1.54, 1.807) is 12.4 Å². The van der Waals surface area contributed by atoms with E-state index in [-0.39, 0.29) is 5.41 Å². The van der Waals surface area contributed by atoms with Crippen LogP contribution in [0.3, 0.4) is 0 Å². The third kappa shape index (κ3) is 3.59. The minimum atomic E-state index is 0.0924. The second-order valence-electron chi connectivity index (χ2n) is 5.46. The van der Waals surface area contributed by atoms with Gasteiger partial charge in [0.05, 0.1) is 18.8 Å². The smallest absolute Gasteiger partial charge is 0.316 e. The van der Waals surface area contributed by atoms with Crippen molar-refractivity contribution >= 4 is 0 Å². The Morgan fingerprint density at radius 1 is 1.10 bits per heavy atom. The van der Waals surface area contributed by atoms with Crippen molar-refractivity contribution in [2.75, 3.05) is 19.8 Å². The highest BCUT2D eigenvalue weighted by molar-refractivity contribution is 5.40. The van der Waals surface area contributed by atoms with Crippen molar-refractivity contribution in [1.82, 2.24) is 9.97 Å². The average molecular weight is 280 g/mol. The van der Waals surface area contributed by atoms with Gasteiger partial charge in [-0.3, -0.25) is 0 Å². The van der Waals surface area contributed by atoms with Gasteiger partial charge >= 0.3 is 6.01 Å². The van der Waals surface area contributed by atoms with Crippen LogP contribution in [0, 0.1) is 17.3 Å². The van der Waals surface area contributed by atoms with Crippen LogP contribution in [0.15, 0.2) is 42.7 Å². The largest absolute Gasteiger partial charge is 0.463 e. The molecule has 2 heterocycles. The monoisotopic (exact) mass is 280 g/mol. The van der Waals surface area contributed by atoms with E-state index in [9.17, 15) is 0 Å². The summed E-state index contributed by atoms with van der Waals surface area (Å²) < 4.78 is 10.8. The zero-order valence-corrected chi connectivity index (χ0v) is 11.9. The standard InChI is InChI=1S/C17H16N2O2/c1-17(11-20-12-17)13-21-16-18-9-15(10-19-16)8-7-14-5-3-2-4-6-14/h2-6,9-10H,11-13H2,1H3. The van der Waals surface area contributed by atoms with E-state index < -0.39 is 0 Å². The van der Waals surface area contributed by atoms with Crippen molar-refractivity contribution in [3.8, 4) is 17.9 Å². The Morgan fingerprint density at radius 3 is 2.38 bits per heavy atom. The van der Waals surface area contributed by atoms with Gasteiger partial charge in [0.25, 0.3) is 0 Å². The molecular formula is C17H16N2O2. The van der Waals surface area contributed by atoms with Gasteiger partial charge < -0.3 is 9.47 Å². The van der Waals surface area contributed by atoms with Crippen molar-refractivity contribution in [1.29, 1.82) is 0 Å². The molecule has 0 amide bonds. The van der Waals surface area contributed by atoms with Gasteiger partial charge in [-0.2, -0.15) is 0 Å². The molecule has 0 spiro atoms. The van der Waals surface area contributed by atoms with Gasteiger partial charge in [-0.15, -0.1) is 0 Å². The highest BCUT2D eigenvalue weighted by Crippen LogP contribution is 2.26. The predicted octanol–water partition coefficient (Wildman–Crippen LogP) is 2.29. The topological polar surface area (TPSA) is 44.2 Å². The summed E-state index contributed by atoms with van der Waals surface area (Å²) in [5.41, 5.74) is 1.83. The van der Waals surface area contributed by atoms with Crippen molar-refractivity contribution in [3.05, 3.63) is 53.9 Å². The average Bonchev–Trinajstić information content (AvgIpc) is 2.51. The molecular weight excluding hydrogens is 264 g/mol. The second kappa shape index (κ2) is 5.94. The van der Waals surface area contributed by atoms with E-state index >= 15 is 0 Å². The highest BCUT2D eigenvalue weighted by atomic mass is 16.5. The molecule has 3 rings (SSSR count). The van der Waals surface area contributed by atoms with Crippen LogP contribution in [0.1, 0.15) is 18.1 Å². The fraction of sp³-hybridized carbons (Fsp3) is 0.294. The first-order valence-electron chi connectivity index (χ1n) is 6.83. The van der Waals surface area contributed by atoms with E-state index in [2.05, 4.69) is 28.7 Å². The Hall–Kier alpha value is -2.38. The first kappa shape index (κ1) is 13.6. The van der Waals surface area contributed by atoms with Gasteiger partial charge in [0, 0.05) is 23.4 Å². The maximum atomic E-state index is 5.58. The third-order valence-corrected chi connectivity index (χ3v) is 3.20. The van der Waals surface area contributed by atoms with Crippen LogP contribution >= 0.6 is 0 Å². The lowest BCUT2D eigenvalue weighted by Crippen LogP contribution is -2.44. The van der Waals surface area contributed by atoms with Gasteiger partial charge in [0.15, 0.2) is 0 Å². The Morgan fingerprint density at radius 2 is 1.76 bits per heavy atom. The SMILES string of the molecule is CC1(COc2ncc(C#Cc3ccccc3)cn2)COC1. The maximum absolute atomic E-state index is 5.58. The number of aromatic nitrogens is 2. The summed E-state index contributed by atoms with van der Waals surface area (Å²) in [5, 5.41) is 0. The van der Waals surface area contributed by atoms with Crippen LogP contribution in [-0.4, -0.2) is 29.8 Å². The molecule has 0 bridgehead atoms. The van der Waals surface area contributed by atoms with Crippen molar-refractivity contribution in [3.63, 3.8) is 0 Å². The summed E-state index contributed by atoms with van der Waals surface area (Å²) >= 11 is 0. The van der Waals surface area contributed by atoms with Crippen LogP contribution in [-0.2, 0) is 4.74 Å². The van der Waals surface area contributed by atoms with E-state index in [0.717, 1.165) is 24.3 Å². The molecule has 1 saturated heterocycles. The quantitative estimate of drug-likeness (QED) is 0.809. The fourth-order valence-electron chi connectivity index (χ4n) is 1.89. The minimum Gasteiger partial charge on any atom is -0.463 e. The van der Waals surface area contributed by atoms with Crippen LogP contribution in [0.5, 0.6) is 6.01 Å². The normalized spacial score (nSPS) is 15.5. The zero-order valence-electron chi connectivity index (χ0n) is 11.9. The molecule has 1 aliphatic heterocycles. The molecule has 4 heteroatoms. The van der Waals surface area contributed by atoms with Gasteiger partial charge in [-0.1, -0.05) is 37.0 Å². The van der Waals surface area contributed by atoms with Crippen LogP contribution in [0.4, 0.5) is 0 Å². The molecule has 106 valence electrons. The van der Waals surface area contributed by atoms with Crippen molar-refractivity contribution in [2.45, 2.75) is 6.92 Å². The molecule has 0 saturated carbocycles.